The Bertz CT molecular complexity index is 1100. The van der Waals surface area contributed by atoms with Crippen LogP contribution < -0.4 is 0 Å². The van der Waals surface area contributed by atoms with Gasteiger partial charge >= 0.3 is 0 Å². The molecule has 0 unspecified atom stereocenters. The SMILES string of the molecule is CC1=C[C@H](O)CC(C)(C)[C@H]1CC/C(C)=C/CC/C(C)=C/CC/C=C(\C)CC/C=C(C)/C=C/C1=C(C)C[C@H](O)CC1(C)C. The van der Waals surface area contributed by atoms with E-state index >= 15 is 0 Å². The molecule has 3 atom stereocenters. The van der Waals surface area contributed by atoms with Crippen LogP contribution in [0.2, 0.25) is 0 Å². The monoisotopic (exact) mass is 576 g/mol. The maximum Gasteiger partial charge on any atom is 0.0728 e. The molecule has 0 fully saturated rings. The summed E-state index contributed by atoms with van der Waals surface area (Å²) in [6.07, 6.45) is 27.3. The van der Waals surface area contributed by atoms with Gasteiger partial charge in [0.05, 0.1) is 12.2 Å². The van der Waals surface area contributed by atoms with Crippen LogP contribution in [0, 0.1) is 16.7 Å². The van der Waals surface area contributed by atoms with E-state index in [1.807, 2.05) is 0 Å². The average Bonchev–Trinajstić information content (AvgIpc) is 2.84. The molecule has 2 aliphatic carbocycles. The smallest absolute Gasteiger partial charge is 0.0728 e. The Morgan fingerprint density at radius 2 is 1.33 bits per heavy atom. The van der Waals surface area contributed by atoms with Gasteiger partial charge in [-0.1, -0.05) is 104 Å². The Labute approximate surface area is 260 Å². The van der Waals surface area contributed by atoms with E-state index in [9.17, 15) is 10.2 Å². The van der Waals surface area contributed by atoms with Crippen LogP contribution in [0.4, 0.5) is 0 Å². The molecule has 2 heteroatoms. The van der Waals surface area contributed by atoms with Gasteiger partial charge in [-0.15, -0.1) is 0 Å². The Kier molecular flexibility index (Phi) is 14.5. The van der Waals surface area contributed by atoms with Crippen molar-refractivity contribution in [1.82, 2.24) is 0 Å². The summed E-state index contributed by atoms with van der Waals surface area (Å²) < 4.78 is 0. The molecule has 0 bridgehead atoms. The molecule has 0 aromatic rings. The molecule has 2 aliphatic rings. The molecule has 2 rings (SSSR count). The lowest BCUT2D eigenvalue weighted by Crippen LogP contribution is -2.33. The zero-order chi connectivity index (χ0) is 31.5. The lowest BCUT2D eigenvalue weighted by Gasteiger charge is -2.40. The summed E-state index contributed by atoms with van der Waals surface area (Å²) in [5.74, 6) is 0.567. The predicted molar refractivity (Wildman–Crippen MR) is 184 cm³/mol. The van der Waals surface area contributed by atoms with E-state index in [4.69, 9.17) is 0 Å². The Morgan fingerprint density at radius 3 is 1.90 bits per heavy atom. The largest absolute Gasteiger partial charge is 0.393 e. The van der Waals surface area contributed by atoms with Crippen molar-refractivity contribution < 1.29 is 10.2 Å². The molecule has 0 saturated heterocycles. The highest BCUT2D eigenvalue weighted by atomic mass is 16.3. The number of aliphatic hydroxyl groups excluding tert-OH is 2. The second-order valence-electron chi connectivity index (χ2n) is 15.0. The number of unbranched alkanes of at least 4 members (excludes halogenated alkanes) is 1. The first-order chi connectivity index (χ1) is 19.6. The maximum atomic E-state index is 10.1. The van der Waals surface area contributed by atoms with Gasteiger partial charge in [0.15, 0.2) is 0 Å². The number of rotatable bonds is 14. The van der Waals surface area contributed by atoms with Gasteiger partial charge in [0.25, 0.3) is 0 Å². The van der Waals surface area contributed by atoms with Crippen molar-refractivity contribution in [2.24, 2.45) is 16.7 Å². The molecule has 236 valence electrons. The first-order valence-electron chi connectivity index (χ1n) is 16.7. The summed E-state index contributed by atoms with van der Waals surface area (Å²) in [5, 5.41) is 20.2. The van der Waals surface area contributed by atoms with Crippen molar-refractivity contribution in [3.8, 4) is 0 Å². The quantitative estimate of drug-likeness (QED) is 0.123. The van der Waals surface area contributed by atoms with Gasteiger partial charge in [0, 0.05) is 0 Å². The predicted octanol–water partition coefficient (Wildman–Crippen LogP) is 11.3. The van der Waals surface area contributed by atoms with E-state index in [1.165, 1.54) is 45.4 Å². The van der Waals surface area contributed by atoms with E-state index in [-0.39, 0.29) is 23.0 Å². The summed E-state index contributed by atoms with van der Waals surface area (Å²) in [4.78, 5) is 0. The van der Waals surface area contributed by atoms with E-state index in [1.54, 1.807) is 0 Å². The van der Waals surface area contributed by atoms with Crippen LogP contribution >= 0.6 is 0 Å². The Hall–Kier alpha value is -1.90. The second-order valence-corrected chi connectivity index (χ2v) is 15.0. The molecule has 2 N–H and O–H groups in total. The van der Waals surface area contributed by atoms with E-state index in [2.05, 4.69) is 112 Å². The van der Waals surface area contributed by atoms with Crippen LogP contribution in [0.3, 0.4) is 0 Å². The second kappa shape index (κ2) is 16.8. The molecule has 0 spiro atoms. The Balaban J connectivity index is 1.70. The lowest BCUT2D eigenvalue weighted by atomic mass is 9.66. The number of allylic oxidation sites excluding steroid dienone is 12. The minimum Gasteiger partial charge on any atom is -0.393 e. The first-order valence-corrected chi connectivity index (χ1v) is 16.7. The van der Waals surface area contributed by atoms with Gasteiger partial charge in [0.1, 0.15) is 0 Å². The minimum atomic E-state index is -0.277. The number of hydrogen-bond acceptors (Lipinski definition) is 2. The lowest BCUT2D eigenvalue weighted by molar-refractivity contribution is 0.0982. The zero-order valence-electron chi connectivity index (χ0n) is 28.9. The maximum absolute atomic E-state index is 10.1. The van der Waals surface area contributed by atoms with E-state index in [0.29, 0.717) is 5.92 Å². The van der Waals surface area contributed by atoms with E-state index in [0.717, 1.165) is 64.2 Å². The van der Waals surface area contributed by atoms with Crippen molar-refractivity contribution in [1.29, 1.82) is 0 Å². The fourth-order valence-corrected chi connectivity index (χ4v) is 7.27. The molecule has 0 heterocycles. The van der Waals surface area contributed by atoms with Crippen LogP contribution in [0.5, 0.6) is 0 Å². The highest BCUT2D eigenvalue weighted by molar-refractivity contribution is 5.36. The van der Waals surface area contributed by atoms with Crippen molar-refractivity contribution in [3.05, 3.63) is 81.5 Å². The standard InChI is InChI=1S/C40H64O2/c1-29(17-13-19-31(3)21-23-37-33(5)25-35(41)27-39(37,7)8)15-11-12-16-30(2)18-14-20-32(4)22-24-38-34(6)26-36(42)28-40(38,9)10/h15-16,19-21,23,26,35-36,38,41-42H,11-14,17-18,22,24-25,27-28H2,1-10H3/b23-21+,29-15+,30-16+,31-19+,32-20+/t35-,36-,38-/m0/s1. The normalized spacial score (nSPS) is 25.8. The third-order valence-electron chi connectivity index (χ3n) is 9.69. The molecule has 0 aromatic heterocycles. The molecular weight excluding hydrogens is 512 g/mol. The zero-order valence-corrected chi connectivity index (χ0v) is 28.9. The summed E-state index contributed by atoms with van der Waals surface area (Å²) in [7, 11) is 0. The van der Waals surface area contributed by atoms with Crippen LogP contribution in [-0.4, -0.2) is 22.4 Å². The van der Waals surface area contributed by atoms with Crippen LogP contribution in [0.15, 0.2) is 81.5 Å². The van der Waals surface area contributed by atoms with Crippen molar-refractivity contribution >= 4 is 0 Å². The highest BCUT2D eigenvalue weighted by Gasteiger charge is 2.35. The molecule has 0 amide bonds. The van der Waals surface area contributed by atoms with Gasteiger partial charge in [-0.2, -0.15) is 0 Å². The van der Waals surface area contributed by atoms with Gasteiger partial charge in [0.2, 0.25) is 0 Å². The number of hydrogen-bond donors (Lipinski definition) is 2. The molecule has 0 aromatic carbocycles. The van der Waals surface area contributed by atoms with E-state index < -0.39 is 0 Å². The topological polar surface area (TPSA) is 40.5 Å². The fourth-order valence-electron chi connectivity index (χ4n) is 7.27. The third kappa shape index (κ3) is 12.4. The van der Waals surface area contributed by atoms with Crippen LogP contribution in [0.1, 0.15) is 140 Å². The van der Waals surface area contributed by atoms with Crippen molar-refractivity contribution in [3.63, 3.8) is 0 Å². The molecule has 0 radical (unpaired) electrons. The number of aliphatic hydroxyl groups is 2. The van der Waals surface area contributed by atoms with Gasteiger partial charge in [-0.25, -0.2) is 0 Å². The van der Waals surface area contributed by atoms with Gasteiger partial charge < -0.3 is 10.2 Å². The summed E-state index contributed by atoms with van der Waals surface area (Å²) >= 11 is 0. The summed E-state index contributed by atoms with van der Waals surface area (Å²) in [6, 6.07) is 0. The van der Waals surface area contributed by atoms with Gasteiger partial charge in [-0.3, -0.25) is 0 Å². The molecule has 42 heavy (non-hydrogen) atoms. The molecule has 2 nitrogen and oxygen atoms in total. The Morgan fingerprint density at radius 1 is 0.786 bits per heavy atom. The third-order valence-corrected chi connectivity index (χ3v) is 9.69. The minimum absolute atomic E-state index is 0.0377. The molecule has 0 saturated carbocycles. The summed E-state index contributed by atoms with van der Waals surface area (Å²) in [6.45, 7) is 22.5. The highest BCUT2D eigenvalue weighted by Crippen LogP contribution is 2.44. The van der Waals surface area contributed by atoms with Crippen molar-refractivity contribution in [2.45, 2.75) is 152 Å². The van der Waals surface area contributed by atoms with Crippen LogP contribution in [0.25, 0.3) is 0 Å². The average molecular weight is 577 g/mol. The van der Waals surface area contributed by atoms with Gasteiger partial charge in [-0.05, 0) is 134 Å². The van der Waals surface area contributed by atoms with Crippen molar-refractivity contribution in [2.75, 3.05) is 0 Å². The van der Waals surface area contributed by atoms with Crippen LogP contribution in [-0.2, 0) is 0 Å². The molecular formula is C40H64O2. The fraction of sp³-hybridized carbons (Fsp3) is 0.650. The first kappa shape index (κ1) is 36.3. The molecule has 0 aliphatic heterocycles. The summed E-state index contributed by atoms with van der Waals surface area (Å²) in [5.41, 5.74) is 10.1.